The van der Waals surface area contributed by atoms with Crippen LogP contribution in [0.3, 0.4) is 0 Å². The van der Waals surface area contributed by atoms with Crippen molar-refractivity contribution in [3.8, 4) is 0 Å². The molecule has 1 spiro atoms. The maximum atomic E-state index is 14.1. The number of carbonyl (C=O) groups excluding carboxylic acids is 2. The smallest absolute Gasteiger partial charge is 0.377 e. The number of para-hydroxylation sites is 1. The molecule has 2 atom stereocenters. The zero-order valence-corrected chi connectivity index (χ0v) is 24.0. The molecule has 1 N–H and O–H groups in total. The highest BCUT2D eigenvalue weighted by Crippen LogP contribution is 2.42. The van der Waals surface area contributed by atoms with Crippen LogP contribution in [0.15, 0.2) is 42.5 Å². The van der Waals surface area contributed by atoms with Crippen molar-refractivity contribution in [2.24, 2.45) is 5.92 Å². The van der Waals surface area contributed by atoms with Crippen LogP contribution in [0.1, 0.15) is 40.2 Å². The van der Waals surface area contributed by atoms with Crippen molar-refractivity contribution in [1.29, 1.82) is 0 Å². The summed E-state index contributed by atoms with van der Waals surface area (Å²) in [6.07, 6.45) is -4.62. The molecule has 7 rings (SSSR count). The molecule has 2 fully saturated rings. The summed E-state index contributed by atoms with van der Waals surface area (Å²) < 4.78 is 46.6. The van der Waals surface area contributed by atoms with Crippen LogP contribution in [0, 0.1) is 19.8 Å². The Hall–Kier alpha value is -4.03. The number of anilines is 3. The number of aryl methyl sites for hydroxylation is 2. The third-order valence-electron chi connectivity index (χ3n) is 9.03. The molecule has 0 bridgehead atoms. The van der Waals surface area contributed by atoms with Crippen molar-refractivity contribution in [2.45, 2.75) is 51.1 Å². The zero-order valence-electron chi connectivity index (χ0n) is 24.0. The van der Waals surface area contributed by atoms with Crippen molar-refractivity contribution in [3.05, 3.63) is 76.2 Å². The molecule has 0 radical (unpaired) electrons. The molecule has 1 aromatic carbocycles. The van der Waals surface area contributed by atoms with E-state index < -0.39 is 29.6 Å². The number of benzene rings is 1. The molecule has 12 heteroatoms. The number of pyridine rings is 2. The van der Waals surface area contributed by atoms with Gasteiger partial charge >= 0.3 is 6.18 Å². The third kappa shape index (κ3) is 4.46. The Kier molecular flexibility index (Phi) is 6.30. The summed E-state index contributed by atoms with van der Waals surface area (Å²) >= 11 is 0. The van der Waals surface area contributed by atoms with Gasteiger partial charge in [-0.05, 0) is 49.2 Å². The number of hydrogen-bond acceptors (Lipinski definition) is 7. The van der Waals surface area contributed by atoms with Crippen LogP contribution in [0.5, 0.6) is 0 Å². The number of alkyl halides is 3. The van der Waals surface area contributed by atoms with Gasteiger partial charge in [-0.3, -0.25) is 24.8 Å². The SMILES string of the molecule is Cc1cc(C(F)(F)F)cc(N2C(=O)C[C@@H]3CN(Cc4ccc5c(n4)C4(COC4)NC5)c4c(C)cccc4N(C)C(=O)[C@H]32)n1. The molecule has 0 saturated carbocycles. The number of fused-ring (bicyclic) bond motifs is 4. The number of nitrogens with one attached hydrogen (secondary N) is 1. The van der Waals surface area contributed by atoms with E-state index in [4.69, 9.17) is 9.72 Å². The molecule has 0 unspecified atom stereocenters. The average molecular weight is 593 g/mol. The van der Waals surface area contributed by atoms with Crippen molar-refractivity contribution in [2.75, 3.05) is 41.5 Å². The van der Waals surface area contributed by atoms with Gasteiger partial charge in [0.25, 0.3) is 0 Å². The molecule has 2 amide bonds. The summed E-state index contributed by atoms with van der Waals surface area (Å²) in [5.41, 5.74) is 4.38. The second kappa shape index (κ2) is 9.75. The van der Waals surface area contributed by atoms with E-state index in [1.54, 1.807) is 7.05 Å². The fraction of sp³-hybridized carbons (Fsp3) is 0.419. The lowest BCUT2D eigenvalue weighted by atomic mass is 9.93. The predicted molar refractivity (Wildman–Crippen MR) is 153 cm³/mol. The number of likely N-dealkylation sites (N-methyl/N-ethyl adjacent to an activating group) is 1. The van der Waals surface area contributed by atoms with Crippen LogP contribution < -0.4 is 20.0 Å². The van der Waals surface area contributed by atoms with Crippen molar-refractivity contribution in [3.63, 3.8) is 0 Å². The van der Waals surface area contributed by atoms with Gasteiger partial charge in [0.2, 0.25) is 11.8 Å². The minimum Gasteiger partial charge on any atom is -0.377 e. The summed E-state index contributed by atoms with van der Waals surface area (Å²) in [6.45, 7) is 6.04. The quantitative estimate of drug-likeness (QED) is 0.494. The van der Waals surface area contributed by atoms with Crippen molar-refractivity contribution < 1.29 is 27.5 Å². The van der Waals surface area contributed by atoms with Crippen LogP contribution in [-0.2, 0) is 39.1 Å². The Morgan fingerprint density at radius 2 is 1.88 bits per heavy atom. The number of amides is 2. The molecule has 9 nitrogen and oxygen atoms in total. The van der Waals surface area contributed by atoms with Gasteiger partial charge in [-0.15, -0.1) is 0 Å². The Balaban J connectivity index is 1.30. The molecule has 4 aliphatic heterocycles. The molecule has 2 saturated heterocycles. The van der Waals surface area contributed by atoms with Gasteiger partial charge in [0, 0.05) is 38.2 Å². The number of ether oxygens (including phenoxy) is 1. The first-order valence-electron chi connectivity index (χ1n) is 14.3. The van der Waals surface area contributed by atoms with E-state index in [1.807, 2.05) is 31.2 Å². The molecule has 2 aromatic heterocycles. The monoisotopic (exact) mass is 592 g/mol. The molecular formula is C31H31F3N6O3. The number of rotatable bonds is 3. The van der Waals surface area contributed by atoms with Gasteiger partial charge in [0.1, 0.15) is 17.4 Å². The third-order valence-corrected chi connectivity index (χ3v) is 9.03. The Labute approximate surface area is 246 Å². The maximum absolute atomic E-state index is 14.1. The number of nitrogens with zero attached hydrogens (tertiary/aromatic N) is 5. The van der Waals surface area contributed by atoms with Gasteiger partial charge < -0.3 is 14.5 Å². The summed E-state index contributed by atoms with van der Waals surface area (Å²) in [6, 6.07) is 10.6. The predicted octanol–water partition coefficient (Wildman–Crippen LogP) is 3.85. The first-order chi connectivity index (χ1) is 20.4. The molecule has 224 valence electrons. The summed E-state index contributed by atoms with van der Waals surface area (Å²) in [7, 11) is 1.65. The van der Waals surface area contributed by atoms with Crippen LogP contribution in [-0.4, -0.2) is 54.6 Å². The van der Waals surface area contributed by atoms with E-state index in [0.717, 1.165) is 46.9 Å². The molecule has 6 heterocycles. The van der Waals surface area contributed by atoms with Gasteiger partial charge in [-0.25, -0.2) is 4.98 Å². The minimum absolute atomic E-state index is 0.000913. The fourth-order valence-electron chi connectivity index (χ4n) is 6.91. The summed E-state index contributed by atoms with van der Waals surface area (Å²) in [5.74, 6) is -1.45. The number of hydrogen-bond donors (Lipinski definition) is 1. The van der Waals surface area contributed by atoms with Crippen LogP contribution in [0.2, 0.25) is 0 Å². The van der Waals surface area contributed by atoms with Gasteiger partial charge in [-0.2, -0.15) is 13.2 Å². The highest BCUT2D eigenvalue weighted by Gasteiger charge is 2.50. The first kappa shape index (κ1) is 27.8. The Morgan fingerprint density at radius 1 is 1.09 bits per heavy atom. The van der Waals surface area contributed by atoms with Gasteiger partial charge in [-0.1, -0.05) is 18.2 Å². The number of halogens is 3. The van der Waals surface area contributed by atoms with Crippen LogP contribution in [0.4, 0.5) is 30.4 Å². The summed E-state index contributed by atoms with van der Waals surface area (Å²) in [5, 5.41) is 3.53. The maximum Gasteiger partial charge on any atom is 0.416 e. The molecule has 43 heavy (non-hydrogen) atoms. The highest BCUT2D eigenvalue weighted by atomic mass is 19.4. The summed E-state index contributed by atoms with van der Waals surface area (Å²) in [4.78, 5) is 41.8. The average Bonchev–Trinajstić information content (AvgIpc) is 3.47. The van der Waals surface area contributed by atoms with E-state index in [2.05, 4.69) is 21.3 Å². The molecular weight excluding hydrogens is 561 g/mol. The number of aromatic nitrogens is 2. The van der Waals surface area contributed by atoms with E-state index in [0.29, 0.717) is 32.0 Å². The Bertz CT molecular complexity index is 1660. The standard InChI is InChI=1S/C31H31F3N6O3/c1-17-5-4-6-23-26(17)39(14-22-8-7-19-12-35-30(15-43-16-30)28(19)37-22)13-20-10-25(41)40(27(20)29(42)38(23)3)24-11-21(31(32,33)34)9-18(2)36-24/h4-9,11,20,27,35H,10,12-16H2,1-3H3/t20-,27+/m1/s1. The zero-order chi connectivity index (χ0) is 30.3. The van der Waals surface area contributed by atoms with Gasteiger partial charge in [0.15, 0.2) is 0 Å². The molecule has 3 aromatic rings. The second-order valence-electron chi connectivity index (χ2n) is 12.0. The van der Waals surface area contributed by atoms with Crippen molar-refractivity contribution >= 4 is 29.0 Å². The fourth-order valence-corrected chi connectivity index (χ4v) is 6.91. The first-order valence-corrected chi connectivity index (χ1v) is 14.3. The van der Waals surface area contributed by atoms with Crippen LogP contribution in [0.25, 0.3) is 0 Å². The normalized spacial score (nSPS) is 22.7. The van der Waals surface area contributed by atoms with Crippen molar-refractivity contribution in [1.82, 2.24) is 15.3 Å². The molecule has 0 aliphatic carbocycles. The van der Waals surface area contributed by atoms with Crippen LogP contribution >= 0.6 is 0 Å². The van der Waals surface area contributed by atoms with E-state index >= 15 is 0 Å². The number of carbonyl (C=O) groups is 2. The topological polar surface area (TPSA) is 90.9 Å². The second-order valence-corrected chi connectivity index (χ2v) is 12.0. The largest absolute Gasteiger partial charge is 0.416 e. The Morgan fingerprint density at radius 3 is 2.60 bits per heavy atom. The highest BCUT2D eigenvalue weighted by molar-refractivity contribution is 6.10. The lowest BCUT2D eigenvalue weighted by Gasteiger charge is -2.40. The van der Waals surface area contributed by atoms with E-state index in [9.17, 15) is 22.8 Å². The van der Waals surface area contributed by atoms with Gasteiger partial charge in [0.05, 0.1) is 48.1 Å². The van der Waals surface area contributed by atoms with E-state index in [-0.39, 0.29) is 29.4 Å². The lowest BCUT2D eigenvalue weighted by molar-refractivity contribution is -0.137. The minimum atomic E-state index is -4.62. The lowest BCUT2D eigenvalue weighted by Crippen LogP contribution is -2.54. The van der Waals surface area contributed by atoms with E-state index in [1.165, 1.54) is 16.7 Å². The molecule has 4 aliphatic rings.